The van der Waals surface area contributed by atoms with Crippen molar-refractivity contribution in [2.45, 2.75) is 13.3 Å². The fourth-order valence-corrected chi connectivity index (χ4v) is 3.68. The van der Waals surface area contributed by atoms with Gasteiger partial charge in [0.2, 0.25) is 0 Å². The zero-order valence-electron chi connectivity index (χ0n) is 12.7. The number of thiophene rings is 1. The Bertz CT molecular complexity index is 970. The molecule has 0 N–H and O–H groups in total. The van der Waals surface area contributed by atoms with Crippen LogP contribution < -0.4 is 0 Å². The molecule has 0 radical (unpaired) electrons. The molecule has 4 heteroatoms. The molecule has 114 valence electrons. The molecule has 0 aliphatic rings. The molecule has 0 spiro atoms. The normalized spacial score (nSPS) is 11.2. The summed E-state index contributed by atoms with van der Waals surface area (Å²) in [5, 5.41) is 5.04. The van der Waals surface area contributed by atoms with E-state index in [0.717, 1.165) is 28.3 Å². The van der Waals surface area contributed by atoms with E-state index in [2.05, 4.69) is 52.5 Å². The van der Waals surface area contributed by atoms with Gasteiger partial charge in [0.15, 0.2) is 0 Å². The van der Waals surface area contributed by atoms with Gasteiger partial charge in [-0.05, 0) is 53.1 Å². The topological polar surface area (TPSA) is 17.3 Å². The van der Waals surface area contributed by atoms with Gasteiger partial charge >= 0.3 is 0 Å². The van der Waals surface area contributed by atoms with Crippen LogP contribution in [0.3, 0.4) is 0 Å². The number of pyridine rings is 1. The smallest absolute Gasteiger partial charge is 0.137 e. The fourth-order valence-electron chi connectivity index (χ4n) is 2.82. The highest BCUT2D eigenvalue weighted by Gasteiger charge is 2.15. The largest absolute Gasteiger partial charge is 0.303 e. The van der Waals surface area contributed by atoms with Gasteiger partial charge in [0.25, 0.3) is 0 Å². The van der Waals surface area contributed by atoms with Gasteiger partial charge in [-0.2, -0.15) is 11.3 Å². The molecule has 3 heterocycles. The predicted molar refractivity (Wildman–Crippen MR) is 97.5 cm³/mol. The summed E-state index contributed by atoms with van der Waals surface area (Å²) in [5.41, 5.74) is 6.76. The van der Waals surface area contributed by atoms with Crippen molar-refractivity contribution < 1.29 is 0 Å². The minimum atomic E-state index is 0.734. The summed E-state index contributed by atoms with van der Waals surface area (Å²) >= 11 is 7.90. The van der Waals surface area contributed by atoms with E-state index in [0.29, 0.717) is 0 Å². The predicted octanol–water partition coefficient (Wildman–Crippen LogP) is 5.62. The molecule has 4 rings (SSSR count). The number of aryl methyl sites for hydroxylation is 1. The first-order valence-corrected chi connectivity index (χ1v) is 8.77. The first-order chi connectivity index (χ1) is 11.2. The third-order valence-electron chi connectivity index (χ3n) is 3.92. The lowest BCUT2D eigenvalue weighted by atomic mass is 10.1. The first-order valence-electron chi connectivity index (χ1n) is 7.45. The molecule has 2 nitrogen and oxygen atoms in total. The number of hydrogen-bond acceptors (Lipinski definition) is 2. The Kier molecular flexibility index (Phi) is 3.68. The van der Waals surface area contributed by atoms with Crippen molar-refractivity contribution in [3.63, 3.8) is 0 Å². The van der Waals surface area contributed by atoms with E-state index in [-0.39, 0.29) is 0 Å². The summed E-state index contributed by atoms with van der Waals surface area (Å²) in [4.78, 5) is 4.85. The number of hydrogen-bond donors (Lipinski definition) is 0. The second-order valence-corrected chi connectivity index (χ2v) is 6.88. The summed E-state index contributed by atoms with van der Waals surface area (Å²) in [6.07, 6.45) is 3.01. The summed E-state index contributed by atoms with van der Waals surface area (Å²) in [6, 6.07) is 14.2. The molecule has 0 atom stereocenters. The molecule has 0 aliphatic heterocycles. The van der Waals surface area contributed by atoms with Crippen molar-refractivity contribution in [1.82, 2.24) is 9.38 Å². The number of halogens is 1. The highest BCUT2D eigenvalue weighted by molar-refractivity contribution is 7.07. The quantitative estimate of drug-likeness (QED) is 0.474. The van der Waals surface area contributed by atoms with Crippen LogP contribution in [-0.4, -0.2) is 9.38 Å². The molecule has 0 amide bonds. The van der Waals surface area contributed by atoms with Crippen molar-refractivity contribution in [2.24, 2.45) is 0 Å². The van der Waals surface area contributed by atoms with Crippen molar-refractivity contribution in [1.29, 1.82) is 0 Å². The summed E-state index contributed by atoms with van der Waals surface area (Å²) in [5.74, 6) is 0. The fraction of sp³-hybridized carbons (Fsp3) is 0.105. The first kappa shape index (κ1) is 14.5. The van der Waals surface area contributed by atoms with Gasteiger partial charge in [-0.1, -0.05) is 29.8 Å². The Morgan fingerprint density at radius 3 is 2.87 bits per heavy atom. The van der Waals surface area contributed by atoms with Crippen LogP contribution in [0.25, 0.3) is 16.9 Å². The maximum absolute atomic E-state index is 6.18. The molecule has 0 bridgehead atoms. The Hall–Kier alpha value is -2.10. The second-order valence-electron chi connectivity index (χ2n) is 5.66. The molecule has 0 fully saturated rings. The van der Waals surface area contributed by atoms with Crippen LogP contribution in [0.4, 0.5) is 0 Å². The Morgan fingerprint density at radius 2 is 2.09 bits per heavy atom. The van der Waals surface area contributed by atoms with Crippen LogP contribution in [0.15, 0.2) is 59.4 Å². The van der Waals surface area contributed by atoms with Gasteiger partial charge in [-0.3, -0.25) is 0 Å². The summed E-state index contributed by atoms with van der Waals surface area (Å²) in [7, 11) is 0. The lowest BCUT2D eigenvalue weighted by Gasteiger charge is -2.05. The van der Waals surface area contributed by atoms with Crippen LogP contribution in [0, 0.1) is 6.92 Å². The average molecular weight is 339 g/mol. The molecule has 3 aromatic heterocycles. The van der Waals surface area contributed by atoms with Crippen LogP contribution in [0.1, 0.15) is 16.8 Å². The van der Waals surface area contributed by atoms with E-state index in [9.17, 15) is 0 Å². The van der Waals surface area contributed by atoms with E-state index in [1.807, 2.05) is 18.2 Å². The average Bonchev–Trinajstić information content (AvgIpc) is 3.16. The van der Waals surface area contributed by atoms with Crippen molar-refractivity contribution in [3.8, 4) is 11.3 Å². The maximum Gasteiger partial charge on any atom is 0.137 e. The SMILES string of the molecule is Cc1ccc2nc(-c3cccc(Cl)c3)c(Cc3ccsc3)n2c1. The number of nitrogens with zero attached hydrogens (tertiary/aromatic N) is 2. The van der Waals surface area contributed by atoms with Crippen LogP contribution in [0.2, 0.25) is 5.02 Å². The van der Waals surface area contributed by atoms with Crippen molar-refractivity contribution in [2.75, 3.05) is 0 Å². The van der Waals surface area contributed by atoms with Crippen LogP contribution in [-0.2, 0) is 6.42 Å². The van der Waals surface area contributed by atoms with Gasteiger partial charge in [-0.15, -0.1) is 0 Å². The molecule has 0 saturated carbocycles. The van der Waals surface area contributed by atoms with E-state index >= 15 is 0 Å². The highest BCUT2D eigenvalue weighted by Crippen LogP contribution is 2.29. The van der Waals surface area contributed by atoms with Crippen molar-refractivity contribution >= 4 is 28.6 Å². The Labute approximate surface area is 144 Å². The van der Waals surface area contributed by atoms with Gasteiger partial charge < -0.3 is 4.40 Å². The number of benzene rings is 1. The third kappa shape index (κ3) is 2.78. The molecule has 0 unspecified atom stereocenters. The van der Waals surface area contributed by atoms with Crippen LogP contribution in [0.5, 0.6) is 0 Å². The van der Waals surface area contributed by atoms with Crippen LogP contribution >= 0.6 is 22.9 Å². The van der Waals surface area contributed by atoms with Gasteiger partial charge in [0.1, 0.15) is 5.65 Å². The number of rotatable bonds is 3. The lowest BCUT2D eigenvalue weighted by molar-refractivity contribution is 1.02. The Morgan fingerprint density at radius 1 is 1.17 bits per heavy atom. The van der Waals surface area contributed by atoms with E-state index in [4.69, 9.17) is 16.6 Å². The van der Waals surface area contributed by atoms with Gasteiger partial charge in [0.05, 0.1) is 11.4 Å². The molecule has 0 aliphatic carbocycles. The molecular weight excluding hydrogens is 324 g/mol. The minimum Gasteiger partial charge on any atom is -0.303 e. The Balaban J connectivity index is 1.95. The molecule has 23 heavy (non-hydrogen) atoms. The summed E-state index contributed by atoms with van der Waals surface area (Å²) in [6.45, 7) is 2.10. The third-order valence-corrected chi connectivity index (χ3v) is 4.88. The van der Waals surface area contributed by atoms with Crippen molar-refractivity contribution in [3.05, 3.63) is 81.3 Å². The zero-order valence-corrected chi connectivity index (χ0v) is 14.2. The van der Waals surface area contributed by atoms with E-state index in [1.165, 1.54) is 16.8 Å². The lowest BCUT2D eigenvalue weighted by Crippen LogP contribution is -1.96. The monoisotopic (exact) mass is 338 g/mol. The highest BCUT2D eigenvalue weighted by atomic mass is 35.5. The standard InChI is InChI=1S/C19H15ClN2S/c1-13-5-6-18-21-19(15-3-2-4-16(20)10-15)17(22(18)11-13)9-14-7-8-23-12-14/h2-8,10-12H,9H2,1H3. The number of imidazole rings is 1. The van der Waals surface area contributed by atoms with Gasteiger partial charge in [-0.25, -0.2) is 4.98 Å². The summed E-state index contributed by atoms with van der Waals surface area (Å²) < 4.78 is 2.20. The van der Waals surface area contributed by atoms with E-state index < -0.39 is 0 Å². The van der Waals surface area contributed by atoms with E-state index in [1.54, 1.807) is 11.3 Å². The van der Waals surface area contributed by atoms with Gasteiger partial charge in [0, 0.05) is 23.2 Å². The molecular formula is C19H15ClN2S. The zero-order chi connectivity index (χ0) is 15.8. The second kappa shape index (κ2) is 5.84. The molecule has 4 aromatic rings. The minimum absolute atomic E-state index is 0.734. The molecule has 0 saturated heterocycles. The number of fused-ring (bicyclic) bond motifs is 1. The number of aromatic nitrogens is 2. The molecule has 1 aromatic carbocycles. The maximum atomic E-state index is 6.18.